The molecular formula is C7H9Cl3O4Si. The first-order valence-electron chi connectivity index (χ1n) is 3.98. The van der Waals surface area contributed by atoms with Gasteiger partial charge in [0, 0.05) is 5.57 Å². The normalized spacial score (nSPS) is 13.3. The number of aliphatic carboxylic acids is 2. The van der Waals surface area contributed by atoms with Crippen LogP contribution in [0.2, 0.25) is 0 Å². The van der Waals surface area contributed by atoms with Crippen LogP contribution in [0.3, 0.4) is 0 Å². The average molecular weight is 292 g/mol. The molecule has 0 aromatic rings. The van der Waals surface area contributed by atoms with E-state index in [2.05, 4.69) is 0 Å². The van der Waals surface area contributed by atoms with Crippen molar-refractivity contribution >= 4 is 51.2 Å². The predicted octanol–water partition coefficient (Wildman–Crippen LogP) is 2.45. The molecule has 0 spiro atoms. The molecule has 86 valence electrons. The Morgan fingerprint density at radius 2 is 1.60 bits per heavy atom. The SMILES string of the molecule is CCCC(C(=O)O)=C(C(=O)O)[Si](Cl)(Cl)Cl. The van der Waals surface area contributed by atoms with Crippen LogP contribution in [0.4, 0.5) is 0 Å². The predicted molar refractivity (Wildman–Crippen MR) is 60.5 cm³/mol. The lowest BCUT2D eigenvalue weighted by atomic mass is 10.1. The molecule has 0 fully saturated rings. The van der Waals surface area contributed by atoms with Crippen molar-refractivity contribution < 1.29 is 19.8 Å². The van der Waals surface area contributed by atoms with E-state index in [9.17, 15) is 9.59 Å². The summed E-state index contributed by atoms with van der Waals surface area (Å²) in [6, 6.07) is -3.70. The number of hydrogen-bond donors (Lipinski definition) is 2. The summed E-state index contributed by atoms with van der Waals surface area (Å²) in [7, 11) is 0. The van der Waals surface area contributed by atoms with E-state index in [1.807, 2.05) is 0 Å². The van der Waals surface area contributed by atoms with Gasteiger partial charge in [-0.15, -0.1) is 33.2 Å². The second-order valence-corrected chi connectivity index (χ2v) is 11.1. The number of carboxylic acid groups (broad SMARTS) is 2. The van der Waals surface area contributed by atoms with E-state index in [-0.39, 0.29) is 12.0 Å². The molecule has 0 radical (unpaired) electrons. The van der Waals surface area contributed by atoms with Crippen LogP contribution in [0.1, 0.15) is 19.8 Å². The fourth-order valence-electron chi connectivity index (χ4n) is 1.01. The fraction of sp³-hybridized carbons (Fsp3) is 0.429. The molecule has 0 saturated carbocycles. The molecular weight excluding hydrogens is 283 g/mol. The molecule has 0 heterocycles. The minimum absolute atomic E-state index is 0.0673. The van der Waals surface area contributed by atoms with Crippen molar-refractivity contribution in [2.24, 2.45) is 0 Å². The van der Waals surface area contributed by atoms with Crippen LogP contribution in [-0.2, 0) is 9.59 Å². The highest BCUT2D eigenvalue weighted by Crippen LogP contribution is 2.32. The zero-order chi connectivity index (χ0) is 12.2. The van der Waals surface area contributed by atoms with Gasteiger partial charge in [0.1, 0.15) is 0 Å². The lowest BCUT2D eigenvalue weighted by molar-refractivity contribution is -0.135. The number of rotatable bonds is 5. The molecule has 15 heavy (non-hydrogen) atoms. The maximum absolute atomic E-state index is 10.8. The minimum atomic E-state index is -3.70. The van der Waals surface area contributed by atoms with Gasteiger partial charge >= 0.3 is 17.9 Å². The van der Waals surface area contributed by atoms with Gasteiger partial charge in [-0.2, -0.15) is 0 Å². The third-order valence-corrected chi connectivity index (χ3v) is 4.34. The third kappa shape index (κ3) is 4.42. The number of carbonyl (C=O) groups is 2. The van der Waals surface area contributed by atoms with Gasteiger partial charge < -0.3 is 10.2 Å². The van der Waals surface area contributed by atoms with Crippen LogP contribution in [0.25, 0.3) is 0 Å². The molecule has 0 atom stereocenters. The minimum Gasteiger partial charge on any atom is -0.478 e. The highest BCUT2D eigenvalue weighted by molar-refractivity contribution is 7.68. The monoisotopic (exact) mass is 290 g/mol. The molecule has 0 amide bonds. The molecule has 0 aliphatic rings. The van der Waals surface area contributed by atoms with Gasteiger partial charge in [-0.3, -0.25) is 0 Å². The van der Waals surface area contributed by atoms with Crippen molar-refractivity contribution in [2.45, 2.75) is 19.8 Å². The summed E-state index contributed by atoms with van der Waals surface area (Å²) in [5.74, 6) is -2.83. The number of hydrogen-bond acceptors (Lipinski definition) is 2. The highest BCUT2D eigenvalue weighted by Gasteiger charge is 2.40. The summed E-state index contributed by atoms with van der Waals surface area (Å²) in [6.07, 6.45) is 0.533. The van der Waals surface area contributed by atoms with Crippen molar-refractivity contribution in [3.05, 3.63) is 10.8 Å². The fourth-order valence-corrected chi connectivity index (χ4v) is 3.58. The molecule has 0 aromatic heterocycles. The molecule has 0 bridgehead atoms. The molecule has 0 aromatic carbocycles. The van der Waals surface area contributed by atoms with E-state index in [1.165, 1.54) is 0 Å². The van der Waals surface area contributed by atoms with E-state index in [0.29, 0.717) is 6.42 Å². The Labute approximate surface area is 102 Å². The summed E-state index contributed by atoms with van der Waals surface area (Å²) in [4.78, 5) is 21.6. The van der Waals surface area contributed by atoms with Gasteiger partial charge in [-0.25, -0.2) is 9.59 Å². The molecule has 0 aliphatic carbocycles. The second kappa shape index (κ2) is 5.74. The average Bonchev–Trinajstić information content (AvgIpc) is 1.99. The zero-order valence-electron chi connectivity index (χ0n) is 7.76. The lowest BCUT2D eigenvalue weighted by Crippen LogP contribution is -2.26. The van der Waals surface area contributed by atoms with Gasteiger partial charge in [0.05, 0.1) is 5.20 Å². The van der Waals surface area contributed by atoms with Crippen LogP contribution >= 0.6 is 33.2 Å². The van der Waals surface area contributed by atoms with E-state index < -0.39 is 23.1 Å². The summed E-state index contributed by atoms with van der Waals surface area (Å²) in [5.41, 5.74) is -0.323. The highest BCUT2D eigenvalue weighted by atomic mass is 35.8. The smallest absolute Gasteiger partial charge is 0.380 e. The van der Waals surface area contributed by atoms with Crippen LogP contribution in [0.5, 0.6) is 0 Å². The Morgan fingerprint density at radius 3 is 1.80 bits per heavy atom. The van der Waals surface area contributed by atoms with Crippen molar-refractivity contribution in [3.8, 4) is 0 Å². The topological polar surface area (TPSA) is 74.6 Å². The lowest BCUT2D eigenvalue weighted by Gasteiger charge is -2.12. The first-order chi connectivity index (χ1) is 6.71. The maximum atomic E-state index is 10.8. The van der Waals surface area contributed by atoms with Crippen molar-refractivity contribution in [2.75, 3.05) is 0 Å². The molecule has 4 nitrogen and oxygen atoms in total. The first kappa shape index (κ1) is 14.8. The van der Waals surface area contributed by atoms with Crippen LogP contribution in [-0.4, -0.2) is 28.2 Å². The molecule has 0 rings (SSSR count). The van der Waals surface area contributed by atoms with Crippen LogP contribution in [0, 0.1) is 0 Å². The Bertz CT molecular complexity index is 308. The van der Waals surface area contributed by atoms with Gasteiger partial charge in [0.2, 0.25) is 0 Å². The van der Waals surface area contributed by atoms with Crippen molar-refractivity contribution in [3.63, 3.8) is 0 Å². The van der Waals surface area contributed by atoms with Gasteiger partial charge in [-0.05, 0) is 6.42 Å². The van der Waals surface area contributed by atoms with E-state index >= 15 is 0 Å². The second-order valence-electron chi connectivity index (χ2n) is 2.71. The number of halogens is 3. The largest absolute Gasteiger partial charge is 0.478 e. The summed E-state index contributed by atoms with van der Waals surface area (Å²) < 4.78 is 0. The Morgan fingerprint density at radius 1 is 1.13 bits per heavy atom. The first-order valence-corrected chi connectivity index (χ1v) is 9.02. The molecule has 8 heteroatoms. The van der Waals surface area contributed by atoms with Crippen LogP contribution in [0.15, 0.2) is 10.8 Å². The summed E-state index contributed by atoms with van der Waals surface area (Å²) in [5, 5.41) is 17.1. The molecule has 0 unspecified atom stereocenters. The maximum Gasteiger partial charge on any atom is 0.380 e. The molecule has 0 aliphatic heterocycles. The quantitative estimate of drug-likeness (QED) is 0.463. The van der Waals surface area contributed by atoms with E-state index in [4.69, 9.17) is 43.5 Å². The zero-order valence-corrected chi connectivity index (χ0v) is 11.0. The Kier molecular flexibility index (Phi) is 5.65. The Balaban J connectivity index is 5.57. The van der Waals surface area contributed by atoms with Gasteiger partial charge in [0.25, 0.3) is 0 Å². The van der Waals surface area contributed by atoms with E-state index in [0.717, 1.165) is 0 Å². The third-order valence-electron chi connectivity index (χ3n) is 1.56. The standard InChI is InChI=1S/C7H9Cl3O4Si/c1-2-3-4(6(11)12)5(7(13)14)15(8,9)10/h2-3H2,1H3,(H,11,12)(H,13,14). The van der Waals surface area contributed by atoms with Crippen LogP contribution < -0.4 is 0 Å². The molecule has 2 N–H and O–H groups in total. The van der Waals surface area contributed by atoms with Gasteiger partial charge in [0.15, 0.2) is 0 Å². The molecule has 0 saturated heterocycles. The van der Waals surface area contributed by atoms with E-state index in [1.54, 1.807) is 6.92 Å². The summed E-state index contributed by atoms with van der Waals surface area (Å²) >= 11 is 16.6. The van der Waals surface area contributed by atoms with Gasteiger partial charge in [-0.1, -0.05) is 13.3 Å². The van der Waals surface area contributed by atoms with Crippen molar-refractivity contribution in [1.82, 2.24) is 0 Å². The summed E-state index contributed by atoms with van der Waals surface area (Å²) in [6.45, 7) is 1.71. The Hall–Kier alpha value is -0.233. The van der Waals surface area contributed by atoms with Crippen molar-refractivity contribution in [1.29, 1.82) is 0 Å². The number of carboxylic acids is 2.